The summed E-state index contributed by atoms with van der Waals surface area (Å²) in [7, 11) is 2.00. The maximum absolute atomic E-state index is 5.38. The van der Waals surface area contributed by atoms with Crippen molar-refractivity contribution in [3.05, 3.63) is 24.2 Å². The lowest BCUT2D eigenvalue weighted by atomic mass is 10.4. The van der Waals surface area contributed by atoms with Gasteiger partial charge < -0.3 is 15.4 Å². The maximum Gasteiger partial charge on any atom is 0.154 e. The number of hydrogen-bond donors (Lipinski definition) is 1. The van der Waals surface area contributed by atoms with Gasteiger partial charge >= 0.3 is 0 Å². The first kappa shape index (κ1) is 12.8. The van der Waals surface area contributed by atoms with E-state index in [9.17, 15) is 0 Å². The number of aryl methyl sites for hydroxylation is 1. The van der Waals surface area contributed by atoms with Gasteiger partial charge in [-0.3, -0.25) is 0 Å². The highest BCUT2D eigenvalue weighted by molar-refractivity contribution is 5.68. The fourth-order valence-corrected chi connectivity index (χ4v) is 1.82. The zero-order valence-electron chi connectivity index (χ0n) is 10.8. The molecule has 0 aliphatic rings. The van der Waals surface area contributed by atoms with Gasteiger partial charge in [0.1, 0.15) is 5.52 Å². The second-order valence-electron chi connectivity index (χ2n) is 4.19. The Morgan fingerprint density at radius 2 is 2.28 bits per heavy atom. The Morgan fingerprint density at radius 1 is 1.44 bits per heavy atom. The summed E-state index contributed by atoms with van der Waals surface area (Å²) in [6.45, 7) is 4.54. The van der Waals surface area contributed by atoms with Crippen LogP contribution in [0.1, 0.15) is 5.69 Å². The van der Waals surface area contributed by atoms with Crippen molar-refractivity contribution in [3.63, 3.8) is 0 Å². The highest BCUT2D eigenvalue weighted by atomic mass is 16.5. The molecular formula is C12H19N5O. The van der Waals surface area contributed by atoms with E-state index < -0.39 is 0 Å². The maximum atomic E-state index is 5.38. The van der Waals surface area contributed by atoms with Gasteiger partial charge in [0.2, 0.25) is 0 Å². The van der Waals surface area contributed by atoms with Crippen molar-refractivity contribution in [1.82, 2.24) is 14.6 Å². The summed E-state index contributed by atoms with van der Waals surface area (Å²) in [4.78, 5) is 6.47. The lowest BCUT2D eigenvalue weighted by Gasteiger charge is -2.18. The molecule has 0 radical (unpaired) electrons. The summed E-state index contributed by atoms with van der Waals surface area (Å²) < 4.78 is 7.22. The van der Waals surface area contributed by atoms with Gasteiger partial charge in [-0.25, -0.2) is 9.50 Å². The Morgan fingerprint density at radius 3 is 3.06 bits per heavy atom. The molecule has 2 rings (SSSR count). The van der Waals surface area contributed by atoms with Crippen molar-refractivity contribution in [2.24, 2.45) is 5.73 Å². The van der Waals surface area contributed by atoms with Crippen LogP contribution in [0, 0.1) is 6.92 Å². The standard InChI is InChI=1S/C12H19N5O/c1-10-9-11-12(14-4-5-17(11)15-10)16(2)6-8-18-7-3-13/h4-5,9H,3,6-8,13H2,1-2H3. The van der Waals surface area contributed by atoms with Crippen LogP contribution in [-0.2, 0) is 4.74 Å². The molecule has 0 aliphatic carbocycles. The molecule has 0 atom stereocenters. The van der Waals surface area contributed by atoms with Crippen molar-refractivity contribution in [2.45, 2.75) is 6.92 Å². The number of aromatic nitrogens is 3. The molecule has 6 heteroatoms. The molecule has 0 aromatic carbocycles. The smallest absolute Gasteiger partial charge is 0.154 e. The van der Waals surface area contributed by atoms with Crippen LogP contribution >= 0.6 is 0 Å². The molecule has 18 heavy (non-hydrogen) atoms. The number of nitrogens with zero attached hydrogens (tertiary/aromatic N) is 4. The second kappa shape index (κ2) is 5.79. The number of fused-ring (bicyclic) bond motifs is 1. The van der Waals surface area contributed by atoms with Crippen molar-refractivity contribution in [1.29, 1.82) is 0 Å². The highest BCUT2D eigenvalue weighted by Crippen LogP contribution is 2.17. The minimum atomic E-state index is 0.555. The third-order valence-corrected chi connectivity index (χ3v) is 2.69. The van der Waals surface area contributed by atoms with Crippen LogP contribution in [0.25, 0.3) is 5.52 Å². The largest absolute Gasteiger partial charge is 0.378 e. The van der Waals surface area contributed by atoms with Gasteiger partial charge in [-0.05, 0) is 13.0 Å². The zero-order valence-corrected chi connectivity index (χ0v) is 10.8. The number of hydrogen-bond acceptors (Lipinski definition) is 5. The average molecular weight is 249 g/mol. The molecule has 0 saturated heterocycles. The summed E-state index contributed by atoms with van der Waals surface area (Å²) in [6, 6.07) is 2.03. The molecule has 2 heterocycles. The summed E-state index contributed by atoms with van der Waals surface area (Å²) in [5, 5.41) is 4.37. The molecular weight excluding hydrogens is 230 g/mol. The quantitative estimate of drug-likeness (QED) is 0.753. The van der Waals surface area contributed by atoms with Gasteiger partial charge in [-0.1, -0.05) is 0 Å². The summed E-state index contributed by atoms with van der Waals surface area (Å²) >= 11 is 0. The normalized spacial score (nSPS) is 11.1. The second-order valence-corrected chi connectivity index (χ2v) is 4.19. The van der Waals surface area contributed by atoms with Crippen molar-refractivity contribution >= 4 is 11.3 Å². The number of ether oxygens (including phenoxy) is 1. The van der Waals surface area contributed by atoms with Crippen LogP contribution in [0.15, 0.2) is 18.5 Å². The van der Waals surface area contributed by atoms with Gasteiger partial charge in [0.25, 0.3) is 0 Å². The van der Waals surface area contributed by atoms with Crippen LogP contribution in [0.3, 0.4) is 0 Å². The number of nitrogens with two attached hydrogens (primary N) is 1. The molecule has 0 unspecified atom stereocenters. The van der Waals surface area contributed by atoms with Gasteiger partial charge in [0.05, 0.1) is 18.9 Å². The molecule has 0 amide bonds. The van der Waals surface area contributed by atoms with Crippen LogP contribution in [0.4, 0.5) is 5.82 Å². The van der Waals surface area contributed by atoms with Crippen LogP contribution in [0.5, 0.6) is 0 Å². The lowest BCUT2D eigenvalue weighted by molar-refractivity contribution is 0.148. The molecule has 0 bridgehead atoms. The predicted octanol–water partition coefficient (Wildman–Crippen LogP) is 0.449. The van der Waals surface area contributed by atoms with Crippen molar-refractivity contribution < 1.29 is 4.74 Å². The Hall–Kier alpha value is -1.66. The van der Waals surface area contributed by atoms with E-state index in [4.69, 9.17) is 10.5 Å². The minimum Gasteiger partial charge on any atom is -0.378 e. The van der Waals surface area contributed by atoms with E-state index in [1.807, 2.05) is 30.8 Å². The molecule has 2 aromatic rings. The first-order valence-corrected chi connectivity index (χ1v) is 6.02. The van der Waals surface area contributed by atoms with Crippen molar-refractivity contribution in [3.8, 4) is 0 Å². The van der Waals surface area contributed by atoms with E-state index in [0.717, 1.165) is 23.6 Å². The monoisotopic (exact) mass is 249 g/mol. The van der Waals surface area contributed by atoms with E-state index in [1.54, 1.807) is 6.20 Å². The van der Waals surface area contributed by atoms with E-state index in [1.165, 1.54) is 0 Å². The van der Waals surface area contributed by atoms with Gasteiger partial charge in [0.15, 0.2) is 5.82 Å². The predicted molar refractivity (Wildman–Crippen MR) is 70.9 cm³/mol. The molecule has 0 fully saturated rings. The first-order valence-electron chi connectivity index (χ1n) is 6.02. The molecule has 2 aromatic heterocycles. The Balaban J connectivity index is 2.09. The molecule has 98 valence electrons. The van der Waals surface area contributed by atoms with Gasteiger partial charge in [-0.15, -0.1) is 0 Å². The highest BCUT2D eigenvalue weighted by Gasteiger charge is 2.09. The SMILES string of the molecule is Cc1cc2c(N(C)CCOCCN)nccn2n1. The number of anilines is 1. The number of likely N-dealkylation sites (N-methyl/N-ethyl adjacent to an activating group) is 1. The Kier molecular flexibility index (Phi) is 4.11. The molecule has 6 nitrogen and oxygen atoms in total. The fourth-order valence-electron chi connectivity index (χ4n) is 1.82. The van der Waals surface area contributed by atoms with Gasteiger partial charge in [0, 0.05) is 32.5 Å². The van der Waals surface area contributed by atoms with E-state index in [0.29, 0.717) is 19.8 Å². The van der Waals surface area contributed by atoms with Crippen LogP contribution in [0.2, 0.25) is 0 Å². The van der Waals surface area contributed by atoms with Crippen LogP contribution in [-0.4, -0.2) is 47.9 Å². The molecule has 0 aliphatic heterocycles. The van der Waals surface area contributed by atoms with E-state index in [2.05, 4.69) is 15.0 Å². The summed E-state index contributed by atoms with van der Waals surface area (Å²) in [5.74, 6) is 0.912. The molecule has 0 saturated carbocycles. The van der Waals surface area contributed by atoms with Crippen LogP contribution < -0.4 is 10.6 Å². The van der Waals surface area contributed by atoms with Crippen molar-refractivity contribution in [2.75, 3.05) is 38.3 Å². The Labute approximate surface area is 106 Å². The van der Waals surface area contributed by atoms with E-state index in [-0.39, 0.29) is 0 Å². The van der Waals surface area contributed by atoms with E-state index >= 15 is 0 Å². The fraction of sp³-hybridized carbons (Fsp3) is 0.500. The number of rotatable bonds is 6. The average Bonchev–Trinajstić information content (AvgIpc) is 2.74. The minimum absolute atomic E-state index is 0.555. The summed E-state index contributed by atoms with van der Waals surface area (Å²) in [5.41, 5.74) is 7.36. The third-order valence-electron chi connectivity index (χ3n) is 2.69. The Bertz CT molecular complexity index is 510. The topological polar surface area (TPSA) is 68.7 Å². The lowest BCUT2D eigenvalue weighted by Crippen LogP contribution is -2.25. The summed E-state index contributed by atoms with van der Waals surface area (Å²) in [6.07, 6.45) is 3.61. The molecule has 2 N–H and O–H groups in total. The van der Waals surface area contributed by atoms with Gasteiger partial charge in [-0.2, -0.15) is 5.10 Å². The molecule has 0 spiro atoms. The third kappa shape index (κ3) is 2.77. The first-order chi connectivity index (χ1) is 8.72. The zero-order chi connectivity index (χ0) is 13.0.